The van der Waals surface area contributed by atoms with E-state index in [-0.39, 0.29) is 0 Å². The molecule has 1 aliphatic heterocycles. The number of phenols is 1. The Morgan fingerprint density at radius 1 is 0.927 bits per heavy atom. The lowest BCUT2D eigenvalue weighted by atomic mass is 9.79. The van der Waals surface area contributed by atoms with E-state index in [1.54, 1.807) is 20.3 Å². The van der Waals surface area contributed by atoms with Crippen molar-refractivity contribution >= 4 is 5.69 Å². The van der Waals surface area contributed by atoms with Gasteiger partial charge in [-0.15, -0.1) is 0 Å². The van der Waals surface area contributed by atoms with Gasteiger partial charge in [-0.2, -0.15) is 0 Å². The first kappa shape index (κ1) is 29.2. The molecule has 1 N–H and O–H groups in total. The largest absolute Gasteiger partial charge is 0.508 e. The molecule has 1 unspecified atom stereocenters. The highest BCUT2D eigenvalue weighted by atomic mass is 16.5. The number of anilines is 1. The second-order valence-electron chi connectivity index (χ2n) is 11.7. The summed E-state index contributed by atoms with van der Waals surface area (Å²) in [6.45, 7) is 7.40. The third-order valence-electron chi connectivity index (χ3n) is 9.02. The molecule has 0 saturated carbocycles. The van der Waals surface area contributed by atoms with Crippen LogP contribution in [0.5, 0.6) is 17.2 Å². The summed E-state index contributed by atoms with van der Waals surface area (Å²) in [4.78, 5) is 9.95. The Kier molecular flexibility index (Phi) is 10.0. The molecule has 6 nitrogen and oxygen atoms in total. The van der Waals surface area contributed by atoms with Crippen LogP contribution in [0.4, 0.5) is 5.69 Å². The summed E-state index contributed by atoms with van der Waals surface area (Å²) < 4.78 is 11.5. The van der Waals surface area contributed by atoms with Gasteiger partial charge in [0.1, 0.15) is 5.75 Å². The molecular weight excluding hydrogens is 510 g/mol. The molecular formula is C35H47N3O3. The first-order valence-electron chi connectivity index (χ1n) is 15.6. The maximum atomic E-state index is 9.97. The van der Waals surface area contributed by atoms with Gasteiger partial charge < -0.3 is 24.4 Å². The predicted molar refractivity (Wildman–Crippen MR) is 167 cm³/mol. The molecule has 2 aliphatic rings. The molecule has 3 aromatic rings. The minimum atomic E-state index is 0.349. The van der Waals surface area contributed by atoms with E-state index in [1.165, 1.54) is 73.1 Å². The molecule has 2 heterocycles. The molecule has 220 valence electrons. The van der Waals surface area contributed by atoms with E-state index in [0.717, 1.165) is 62.5 Å². The molecule has 0 spiro atoms. The maximum absolute atomic E-state index is 9.97. The fraction of sp³-hybridized carbons (Fsp3) is 0.514. The average Bonchev–Trinajstić information content (AvgIpc) is 2.99. The van der Waals surface area contributed by atoms with Crippen LogP contribution in [0.3, 0.4) is 0 Å². The molecule has 0 radical (unpaired) electrons. The zero-order valence-electron chi connectivity index (χ0n) is 25.2. The van der Waals surface area contributed by atoms with Crippen LogP contribution in [0.15, 0.2) is 48.7 Å². The monoisotopic (exact) mass is 557 g/mol. The topological polar surface area (TPSA) is 58.1 Å². The van der Waals surface area contributed by atoms with Gasteiger partial charge in [-0.25, -0.2) is 0 Å². The SMILES string of the molecule is CCN(Cc1ccc(CCN2CCCCCCC2)cn1)c1cc(OC)c(OC)cc1C1CCc2cc(O)ccc2C1. The van der Waals surface area contributed by atoms with E-state index in [0.29, 0.717) is 11.7 Å². The first-order valence-corrected chi connectivity index (χ1v) is 15.6. The molecule has 41 heavy (non-hydrogen) atoms. The Balaban J connectivity index is 1.33. The van der Waals surface area contributed by atoms with Gasteiger partial charge in [0.2, 0.25) is 0 Å². The van der Waals surface area contributed by atoms with Crippen molar-refractivity contribution in [3.63, 3.8) is 0 Å². The molecule has 1 fully saturated rings. The molecule has 1 aliphatic carbocycles. The number of pyridine rings is 1. The highest BCUT2D eigenvalue weighted by Crippen LogP contribution is 2.43. The highest BCUT2D eigenvalue weighted by Gasteiger charge is 2.26. The Morgan fingerprint density at radius 2 is 1.68 bits per heavy atom. The zero-order valence-corrected chi connectivity index (χ0v) is 25.2. The summed E-state index contributed by atoms with van der Waals surface area (Å²) in [6.07, 6.45) is 12.9. The fourth-order valence-corrected chi connectivity index (χ4v) is 6.57. The van der Waals surface area contributed by atoms with Crippen LogP contribution in [0.2, 0.25) is 0 Å². The molecule has 1 aromatic heterocycles. The third-order valence-corrected chi connectivity index (χ3v) is 9.02. The zero-order chi connectivity index (χ0) is 28.6. The Hall–Kier alpha value is -3.25. The lowest BCUT2D eigenvalue weighted by molar-refractivity contribution is 0.250. The van der Waals surface area contributed by atoms with Crippen molar-refractivity contribution < 1.29 is 14.6 Å². The number of hydrogen-bond donors (Lipinski definition) is 1. The van der Waals surface area contributed by atoms with E-state index in [2.05, 4.69) is 53.3 Å². The van der Waals surface area contributed by atoms with Gasteiger partial charge in [-0.3, -0.25) is 4.98 Å². The number of fused-ring (bicyclic) bond motifs is 1. The van der Waals surface area contributed by atoms with Crippen LogP contribution in [0.25, 0.3) is 0 Å². The fourth-order valence-electron chi connectivity index (χ4n) is 6.57. The minimum absolute atomic E-state index is 0.349. The Labute approximate surface area is 246 Å². The van der Waals surface area contributed by atoms with Crippen molar-refractivity contribution in [2.24, 2.45) is 0 Å². The van der Waals surface area contributed by atoms with Crippen LogP contribution < -0.4 is 14.4 Å². The number of likely N-dealkylation sites (tertiary alicyclic amines) is 1. The van der Waals surface area contributed by atoms with E-state index in [4.69, 9.17) is 14.5 Å². The number of ether oxygens (including phenoxy) is 2. The maximum Gasteiger partial charge on any atom is 0.162 e. The van der Waals surface area contributed by atoms with Gasteiger partial charge in [0.05, 0.1) is 26.5 Å². The summed E-state index contributed by atoms with van der Waals surface area (Å²) in [5, 5.41) is 9.97. The third kappa shape index (κ3) is 7.34. The number of methoxy groups -OCH3 is 2. The quantitative estimate of drug-likeness (QED) is 0.292. The minimum Gasteiger partial charge on any atom is -0.508 e. The average molecular weight is 558 g/mol. The Bertz CT molecular complexity index is 1270. The number of aromatic nitrogens is 1. The number of hydrogen-bond acceptors (Lipinski definition) is 6. The van der Waals surface area contributed by atoms with Crippen molar-refractivity contribution in [3.8, 4) is 17.2 Å². The van der Waals surface area contributed by atoms with Crippen molar-refractivity contribution in [1.82, 2.24) is 9.88 Å². The predicted octanol–water partition coefficient (Wildman–Crippen LogP) is 6.91. The molecule has 2 aromatic carbocycles. The van der Waals surface area contributed by atoms with Crippen LogP contribution in [0, 0.1) is 0 Å². The van der Waals surface area contributed by atoms with E-state index in [1.807, 2.05) is 6.07 Å². The van der Waals surface area contributed by atoms with Gasteiger partial charge in [-0.1, -0.05) is 31.4 Å². The molecule has 0 amide bonds. The van der Waals surface area contributed by atoms with Crippen molar-refractivity contribution in [1.29, 1.82) is 0 Å². The van der Waals surface area contributed by atoms with E-state index >= 15 is 0 Å². The second kappa shape index (κ2) is 14.1. The standard InChI is InChI=1S/C35H47N3O3/c1-4-38(25-30-14-10-26(24-36-30)16-19-37-17-8-6-5-7-9-18-37)33-23-35(41-3)34(40-2)22-32(33)29-12-11-28-21-31(39)15-13-27(28)20-29/h10,13-15,21-24,29,39H,4-9,11-12,16-20,25H2,1-3H3. The lowest BCUT2D eigenvalue weighted by Gasteiger charge is -2.32. The Morgan fingerprint density at radius 3 is 2.39 bits per heavy atom. The van der Waals surface area contributed by atoms with Crippen molar-refractivity contribution in [2.75, 3.05) is 45.3 Å². The number of rotatable bonds is 10. The normalized spacial score (nSPS) is 17.8. The van der Waals surface area contributed by atoms with Crippen LogP contribution in [-0.2, 0) is 25.8 Å². The molecule has 5 rings (SSSR count). The molecule has 1 atom stereocenters. The van der Waals surface area contributed by atoms with Gasteiger partial charge in [0, 0.05) is 31.0 Å². The van der Waals surface area contributed by atoms with Crippen molar-refractivity contribution in [3.05, 3.63) is 76.6 Å². The van der Waals surface area contributed by atoms with Crippen LogP contribution >= 0.6 is 0 Å². The first-order chi connectivity index (χ1) is 20.1. The van der Waals surface area contributed by atoms with Gasteiger partial charge >= 0.3 is 0 Å². The van der Waals surface area contributed by atoms with Crippen LogP contribution in [-0.4, -0.2) is 55.4 Å². The molecule has 6 heteroatoms. The number of aromatic hydroxyl groups is 1. The number of aryl methyl sites for hydroxylation is 1. The van der Waals surface area contributed by atoms with Gasteiger partial charge in [-0.05, 0) is 111 Å². The number of phenolic OH excluding ortho intramolecular Hbond substituents is 1. The lowest BCUT2D eigenvalue weighted by Crippen LogP contribution is -2.29. The highest BCUT2D eigenvalue weighted by molar-refractivity contribution is 5.64. The molecule has 0 bridgehead atoms. The van der Waals surface area contributed by atoms with Gasteiger partial charge in [0.15, 0.2) is 11.5 Å². The van der Waals surface area contributed by atoms with Gasteiger partial charge in [0.25, 0.3) is 0 Å². The summed E-state index contributed by atoms with van der Waals surface area (Å²) in [6, 6.07) is 14.6. The number of nitrogens with zero attached hydrogens (tertiary/aromatic N) is 3. The number of benzene rings is 2. The van der Waals surface area contributed by atoms with Crippen molar-refractivity contribution in [2.45, 2.75) is 77.2 Å². The summed E-state index contributed by atoms with van der Waals surface area (Å²) in [5.41, 5.74) is 7.43. The second-order valence-corrected chi connectivity index (χ2v) is 11.7. The van der Waals surface area contributed by atoms with E-state index in [9.17, 15) is 5.11 Å². The molecule has 1 saturated heterocycles. The van der Waals surface area contributed by atoms with E-state index < -0.39 is 0 Å². The smallest absolute Gasteiger partial charge is 0.162 e. The summed E-state index contributed by atoms with van der Waals surface area (Å²) in [5.74, 6) is 2.22. The summed E-state index contributed by atoms with van der Waals surface area (Å²) in [7, 11) is 3.41. The van der Waals surface area contributed by atoms with Crippen LogP contribution in [0.1, 0.15) is 79.3 Å². The summed E-state index contributed by atoms with van der Waals surface area (Å²) >= 11 is 0.